The van der Waals surface area contributed by atoms with Crippen LogP contribution in [-0.2, 0) is 6.42 Å². The maximum Gasteiger partial charge on any atom is 0.326 e. The largest absolute Gasteiger partial charge is 0.326 e. The summed E-state index contributed by atoms with van der Waals surface area (Å²) in [5.74, 6) is 0. The number of rotatable bonds is 4. The normalized spacial score (nSPS) is 10.2. The van der Waals surface area contributed by atoms with Crippen LogP contribution in [0.1, 0.15) is 25.0 Å². The summed E-state index contributed by atoms with van der Waals surface area (Å²) in [5.41, 5.74) is 4.10. The molecule has 0 aliphatic carbocycles. The van der Waals surface area contributed by atoms with Crippen LogP contribution in [0, 0.1) is 6.92 Å². The number of carbonyl (C=O) groups excluding carboxylic acids is 1. The number of benzene rings is 2. The first-order valence-electron chi connectivity index (χ1n) is 7.38. The van der Waals surface area contributed by atoms with E-state index in [0.717, 1.165) is 28.9 Å². The summed E-state index contributed by atoms with van der Waals surface area (Å²) in [5, 5.41) is 3.02. The molecule has 2 rings (SSSR count). The minimum absolute atomic E-state index is 0.0935. The molecule has 0 atom stereocenters. The number of nitrogens with one attached hydrogen (secondary N) is 1. The second-order valence-electron chi connectivity index (χ2n) is 5.02. The molecular formula is C18H22N2O. The van der Waals surface area contributed by atoms with E-state index in [1.165, 1.54) is 0 Å². The SMILES string of the molecule is CCc1ccccc1NC(=O)N(CC)c1cccc(C)c1. The number of nitrogens with zero attached hydrogens (tertiary/aromatic N) is 1. The summed E-state index contributed by atoms with van der Waals surface area (Å²) in [7, 11) is 0. The van der Waals surface area contributed by atoms with Gasteiger partial charge in [0, 0.05) is 17.9 Å². The van der Waals surface area contributed by atoms with Gasteiger partial charge >= 0.3 is 6.03 Å². The zero-order chi connectivity index (χ0) is 15.2. The Morgan fingerprint density at radius 1 is 1.10 bits per heavy atom. The Morgan fingerprint density at radius 3 is 2.52 bits per heavy atom. The average Bonchev–Trinajstić information content (AvgIpc) is 2.48. The lowest BCUT2D eigenvalue weighted by Gasteiger charge is -2.22. The standard InChI is InChI=1S/C18H22N2O/c1-4-15-10-6-7-12-17(15)19-18(21)20(5-2)16-11-8-9-14(3)13-16/h6-13H,4-5H2,1-3H3,(H,19,21). The first kappa shape index (κ1) is 15.1. The Hall–Kier alpha value is -2.29. The van der Waals surface area contributed by atoms with Crippen LogP contribution in [0.15, 0.2) is 48.5 Å². The van der Waals surface area contributed by atoms with Gasteiger partial charge in [-0.1, -0.05) is 37.3 Å². The molecule has 110 valence electrons. The van der Waals surface area contributed by atoms with Crippen molar-refractivity contribution in [3.8, 4) is 0 Å². The van der Waals surface area contributed by atoms with Gasteiger partial charge in [0.2, 0.25) is 0 Å². The smallest absolute Gasteiger partial charge is 0.307 e. The van der Waals surface area contributed by atoms with Gasteiger partial charge in [0.05, 0.1) is 0 Å². The van der Waals surface area contributed by atoms with Crippen molar-refractivity contribution in [3.63, 3.8) is 0 Å². The zero-order valence-corrected chi connectivity index (χ0v) is 12.9. The fourth-order valence-corrected chi connectivity index (χ4v) is 2.37. The first-order chi connectivity index (χ1) is 10.2. The summed E-state index contributed by atoms with van der Waals surface area (Å²) in [6.45, 7) is 6.72. The molecule has 0 saturated heterocycles. The Bertz CT molecular complexity index is 622. The lowest BCUT2D eigenvalue weighted by molar-refractivity contribution is 0.257. The molecule has 0 unspecified atom stereocenters. The molecule has 0 aliphatic heterocycles. The molecule has 0 saturated carbocycles. The number of amides is 2. The highest BCUT2D eigenvalue weighted by Crippen LogP contribution is 2.20. The predicted octanol–water partition coefficient (Wildman–Crippen LogP) is 4.62. The van der Waals surface area contributed by atoms with Crippen molar-refractivity contribution in [1.29, 1.82) is 0 Å². The van der Waals surface area contributed by atoms with Crippen molar-refractivity contribution in [2.75, 3.05) is 16.8 Å². The van der Waals surface area contributed by atoms with Crippen LogP contribution >= 0.6 is 0 Å². The number of urea groups is 1. The highest BCUT2D eigenvalue weighted by atomic mass is 16.2. The lowest BCUT2D eigenvalue weighted by atomic mass is 10.1. The van der Waals surface area contributed by atoms with Gasteiger partial charge in [-0.2, -0.15) is 0 Å². The van der Waals surface area contributed by atoms with Crippen LogP contribution < -0.4 is 10.2 Å². The third-order valence-corrected chi connectivity index (χ3v) is 3.51. The first-order valence-corrected chi connectivity index (χ1v) is 7.38. The lowest BCUT2D eigenvalue weighted by Crippen LogP contribution is -2.35. The van der Waals surface area contributed by atoms with E-state index in [1.807, 2.05) is 62.4 Å². The average molecular weight is 282 g/mol. The molecule has 0 bridgehead atoms. The van der Waals surface area contributed by atoms with Gasteiger partial charge in [0.15, 0.2) is 0 Å². The van der Waals surface area contributed by atoms with E-state index in [1.54, 1.807) is 4.90 Å². The molecule has 0 heterocycles. The van der Waals surface area contributed by atoms with Gasteiger partial charge in [-0.15, -0.1) is 0 Å². The van der Waals surface area contributed by atoms with Gasteiger partial charge < -0.3 is 5.32 Å². The molecule has 2 aromatic rings. The maximum absolute atomic E-state index is 12.5. The molecule has 0 radical (unpaired) electrons. The second-order valence-corrected chi connectivity index (χ2v) is 5.02. The van der Waals surface area contributed by atoms with E-state index in [2.05, 4.69) is 12.2 Å². The number of hydrogen-bond acceptors (Lipinski definition) is 1. The zero-order valence-electron chi connectivity index (χ0n) is 12.9. The van der Waals surface area contributed by atoms with Gasteiger partial charge in [-0.3, -0.25) is 4.90 Å². The van der Waals surface area contributed by atoms with Crippen molar-refractivity contribution in [1.82, 2.24) is 0 Å². The van der Waals surface area contributed by atoms with Gasteiger partial charge in [0.25, 0.3) is 0 Å². The Balaban J connectivity index is 2.21. The van der Waals surface area contributed by atoms with E-state index in [0.29, 0.717) is 6.54 Å². The molecule has 3 nitrogen and oxygen atoms in total. The van der Waals surface area contributed by atoms with Crippen LogP contribution in [0.3, 0.4) is 0 Å². The monoisotopic (exact) mass is 282 g/mol. The van der Waals surface area contributed by atoms with Gasteiger partial charge in [0.1, 0.15) is 0 Å². The summed E-state index contributed by atoms with van der Waals surface area (Å²) in [4.78, 5) is 14.3. The van der Waals surface area contributed by atoms with Crippen molar-refractivity contribution >= 4 is 17.4 Å². The van der Waals surface area contributed by atoms with E-state index < -0.39 is 0 Å². The van der Waals surface area contributed by atoms with Gasteiger partial charge in [-0.25, -0.2) is 4.79 Å². The molecule has 2 aromatic carbocycles. The summed E-state index contributed by atoms with van der Waals surface area (Å²) in [6, 6.07) is 15.8. The summed E-state index contributed by atoms with van der Waals surface area (Å²) in [6.07, 6.45) is 0.896. The summed E-state index contributed by atoms with van der Waals surface area (Å²) < 4.78 is 0. The molecule has 0 spiro atoms. The Labute approximate surface area is 126 Å². The van der Waals surface area contributed by atoms with E-state index in [-0.39, 0.29) is 6.03 Å². The maximum atomic E-state index is 12.5. The van der Waals surface area contributed by atoms with Crippen LogP contribution in [0.25, 0.3) is 0 Å². The van der Waals surface area contributed by atoms with Crippen LogP contribution in [0.4, 0.5) is 16.2 Å². The fourth-order valence-electron chi connectivity index (χ4n) is 2.37. The van der Waals surface area contributed by atoms with Crippen molar-refractivity contribution in [2.45, 2.75) is 27.2 Å². The van der Waals surface area contributed by atoms with E-state index in [9.17, 15) is 4.79 Å². The molecule has 0 aliphatic rings. The molecule has 2 amide bonds. The number of carbonyl (C=O) groups is 1. The van der Waals surface area contributed by atoms with Crippen LogP contribution in [-0.4, -0.2) is 12.6 Å². The molecule has 1 N–H and O–H groups in total. The number of hydrogen-bond donors (Lipinski definition) is 1. The number of para-hydroxylation sites is 1. The minimum Gasteiger partial charge on any atom is -0.307 e. The fraction of sp³-hybridized carbons (Fsp3) is 0.278. The number of anilines is 2. The molecule has 0 aromatic heterocycles. The molecule has 0 fully saturated rings. The van der Waals surface area contributed by atoms with Crippen molar-refractivity contribution in [3.05, 3.63) is 59.7 Å². The van der Waals surface area contributed by atoms with Crippen LogP contribution in [0.2, 0.25) is 0 Å². The number of aryl methyl sites for hydroxylation is 2. The highest BCUT2D eigenvalue weighted by molar-refractivity contribution is 6.02. The highest BCUT2D eigenvalue weighted by Gasteiger charge is 2.15. The predicted molar refractivity (Wildman–Crippen MR) is 89.0 cm³/mol. The molecular weight excluding hydrogens is 260 g/mol. The van der Waals surface area contributed by atoms with E-state index >= 15 is 0 Å². The van der Waals surface area contributed by atoms with Crippen molar-refractivity contribution in [2.24, 2.45) is 0 Å². The van der Waals surface area contributed by atoms with Crippen LogP contribution in [0.5, 0.6) is 0 Å². The third-order valence-electron chi connectivity index (χ3n) is 3.51. The Kier molecular flexibility index (Phi) is 4.99. The van der Waals surface area contributed by atoms with E-state index in [4.69, 9.17) is 0 Å². The summed E-state index contributed by atoms with van der Waals surface area (Å²) >= 11 is 0. The van der Waals surface area contributed by atoms with Gasteiger partial charge in [-0.05, 0) is 49.6 Å². The molecule has 3 heteroatoms. The minimum atomic E-state index is -0.0935. The second kappa shape index (κ2) is 6.93. The van der Waals surface area contributed by atoms with Crippen molar-refractivity contribution < 1.29 is 4.79 Å². The third kappa shape index (κ3) is 3.63. The quantitative estimate of drug-likeness (QED) is 0.872. The topological polar surface area (TPSA) is 32.3 Å². The Morgan fingerprint density at radius 2 is 1.86 bits per heavy atom. The molecule has 21 heavy (non-hydrogen) atoms.